The summed E-state index contributed by atoms with van der Waals surface area (Å²) in [6.07, 6.45) is 0. The molecule has 0 saturated carbocycles. The normalized spacial score (nSPS) is 15.3. The van der Waals surface area contributed by atoms with E-state index in [1.54, 1.807) is 33.5 Å². The number of halogens is 1. The van der Waals surface area contributed by atoms with Crippen molar-refractivity contribution in [3.63, 3.8) is 0 Å². The van der Waals surface area contributed by atoms with Crippen LogP contribution in [0.15, 0.2) is 40.9 Å². The van der Waals surface area contributed by atoms with Gasteiger partial charge in [-0.25, -0.2) is 0 Å². The average Bonchev–Trinajstić information content (AvgIpc) is 2.80. The molecule has 1 aliphatic heterocycles. The predicted molar refractivity (Wildman–Crippen MR) is 118 cm³/mol. The van der Waals surface area contributed by atoms with Gasteiger partial charge >= 0.3 is 0 Å². The number of morpholine rings is 1. The Bertz CT molecular complexity index is 828. The topological polar surface area (TPSA) is 69.3 Å². The van der Waals surface area contributed by atoms with Gasteiger partial charge in [-0.05, 0) is 45.8 Å². The zero-order valence-corrected chi connectivity index (χ0v) is 19.0. The number of nitrogens with one attached hydrogen (secondary N) is 1. The van der Waals surface area contributed by atoms with Gasteiger partial charge < -0.3 is 24.3 Å². The predicted octanol–water partition coefficient (Wildman–Crippen LogP) is 3.28. The summed E-state index contributed by atoms with van der Waals surface area (Å²) in [6, 6.07) is 11.4. The Labute approximate surface area is 185 Å². The second-order valence-electron chi connectivity index (χ2n) is 6.84. The van der Waals surface area contributed by atoms with Crippen LogP contribution in [-0.4, -0.2) is 65.0 Å². The molecule has 1 heterocycles. The van der Waals surface area contributed by atoms with Crippen molar-refractivity contribution in [2.45, 2.75) is 6.04 Å². The molecule has 1 unspecified atom stereocenters. The number of methoxy groups -OCH3 is 3. The van der Waals surface area contributed by atoms with Gasteiger partial charge in [0.1, 0.15) is 21.7 Å². The lowest BCUT2D eigenvalue weighted by Crippen LogP contribution is -2.43. The fourth-order valence-corrected chi connectivity index (χ4v) is 4.02. The third-order valence-corrected chi connectivity index (χ3v) is 5.93. The molecule has 0 aromatic heterocycles. The molecular formula is C22H27BrN2O5. The Morgan fingerprint density at radius 2 is 1.67 bits per heavy atom. The minimum atomic E-state index is -0.189. The Balaban J connectivity index is 1.78. The van der Waals surface area contributed by atoms with Crippen LogP contribution in [0.3, 0.4) is 0 Å². The van der Waals surface area contributed by atoms with Crippen molar-refractivity contribution in [3.05, 3.63) is 52.0 Å². The summed E-state index contributed by atoms with van der Waals surface area (Å²) in [6.45, 7) is 3.45. The van der Waals surface area contributed by atoms with Gasteiger partial charge in [0.2, 0.25) is 0 Å². The standard InChI is InChI=1S/C22H27BrN2O5/c1-27-17-6-4-15(5-7-17)18(25-8-10-30-11-9-25)14-24-22(26)16-12-19(28-2)21(23)20(13-16)29-3/h4-7,12-13,18H,8-11,14H2,1-3H3,(H,24,26). The highest BCUT2D eigenvalue weighted by atomic mass is 79.9. The highest BCUT2D eigenvalue weighted by molar-refractivity contribution is 9.10. The van der Waals surface area contributed by atoms with Gasteiger partial charge in [0.15, 0.2) is 0 Å². The van der Waals surface area contributed by atoms with Gasteiger partial charge in [-0.3, -0.25) is 9.69 Å². The summed E-state index contributed by atoms with van der Waals surface area (Å²) < 4.78 is 22.1. The van der Waals surface area contributed by atoms with Crippen LogP contribution in [0.2, 0.25) is 0 Å². The van der Waals surface area contributed by atoms with E-state index in [1.807, 2.05) is 24.3 Å². The number of benzene rings is 2. The molecule has 0 radical (unpaired) electrons. The molecule has 1 fully saturated rings. The molecule has 8 heteroatoms. The van der Waals surface area contributed by atoms with E-state index in [9.17, 15) is 4.79 Å². The molecular weight excluding hydrogens is 452 g/mol. The van der Waals surface area contributed by atoms with E-state index in [0.29, 0.717) is 41.3 Å². The molecule has 3 rings (SSSR count). The van der Waals surface area contributed by atoms with Crippen LogP contribution in [0.4, 0.5) is 0 Å². The molecule has 2 aromatic rings. The van der Waals surface area contributed by atoms with Crippen LogP contribution in [0.5, 0.6) is 17.2 Å². The monoisotopic (exact) mass is 478 g/mol. The van der Waals surface area contributed by atoms with E-state index in [2.05, 4.69) is 26.1 Å². The summed E-state index contributed by atoms with van der Waals surface area (Å²) in [5.74, 6) is 1.70. The lowest BCUT2D eigenvalue weighted by molar-refractivity contribution is 0.0162. The number of ether oxygens (including phenoxy) is 4. The van der Waals surface area contributed by atoms with E-state index >= 15 is 0 Å². The minimum absolute atomic E-state index is 0.0306. The second kappa shape index (κ2) is 10.7. The van der Waals surface area contributed by atoms with Gasteiger partial charge in [0, 0.05) is 25.2 Å². The molecule has 0 spiro atoms. The van der Waals surface area contributed by atoms with Crippen molar-refractivity contribution >= 4 is 21.8 Å². The van der Waals surface area contributed by atoms with Crippen molar-refractivity contribution in [3.8, 4) is 17.2 Å². The molecule has 1 saturated heterocycles. The quantitative estimate of drug-likeness (QED) is 0.627. The highest BCUT2D eigenvalue weighted by Crippen LogP contribution is 2.35. The maximum atomic E-state index is 12.9. The Morgan fingerprint density at radius 3 is 2.20 bits per heavy atom. The Kier molecular flexibility index (Phi) is 7.95. The molecule has 1 amide bonds. The van der Waals surface area contributed by atoms with E-state index in [-0.39, 0.29) is 11.9 Å². The first-order valence-electron chi connectivity index (χ1n) is 9.72. The number of rotatable bonds is 8. The summed E-state index contributed by atoms with van der Waals surface area (Å²) >= 11 is 3.43. The van der Waals surface area contributed by atoms with E-state index in [1.165, 1.54) is 0 Å². The highest BCUT2D eigenvalue weighted by Gasteiger charge is 2.24. The molecule has 30 heavy (non-hydrogen) atoms. The Hall–Kier alpha value is -2.29. The number of hydrogen-bond acceptors (Lipinski definition) is 6. The van der Waals surface area contributed by atoms with Crippen LogP contribution in [0.25, 0.3) is 0 Å². The van der Waals surface area contributed by atoms with Gasteiger partial charge in [-0.15, -0.1) is 0 Å². The van der Waals surface area contributed by atoms with Gasteiger partial charge in [-0.2, -0.15) is 0 Å². The molecule has 162 valence electrons. The summed E-state index contributed by atoms with van der Waals surface area (Å²) in [4.78, 5) is 15.2. The van der Waals surface area contributed by atoms with Crippen LogP contribution >= 0.6 is 15.9 Å². The largest absolute Gasteiger partial charge is 0.497 e. The third kappa shape index (κ3) is 5.24. The van der Waals surface area contributed by atoms with Crippen molar-refractivity contribution in [1.82, 2.24) is 10.2 Å². The fourth-order valence-electron chi connectivity index (χ4n) is 3.46. The fraction of sp³-hybridized carbons (Fsp3) is 0.409. The van der Waals surface area contributed by atoms with Gasteiger partial charge in [0.05, 0.1) is 40.6 Å². The summed E-state index contributed by atoms with van der Waals surface area (Å²) in [5, 5.41) is 3.07. The van der Waals surface area contributed by atoms with Crippen molar-refractivity contribution in [2.24, 2.45) is 0 Å². The number of amides is 1. The molecule has 1 N–H and O–H groups in total. The van der Waals surface area contributed by atoms with E-state index in [0.717, 1.165) is 24.4 Å². The summed E-state index contributed by atoms with van der Waals surface area (Å²) in [7, 11) is 4.76. The lowest BCUT2D eigenvalue weighted by atomic mass is 10.0. The van der Waals surface area contributed by atoms with Crippen molar-refractivity contribution in [2.75, 3.05) is 54.2 Å². The van der Waals surface area contributed by atoms with Crippen LogP contribution in [-0.2, 0) is 4.74 Å². The van der Waals surface area contributed by atoms with Crippen molar-refractivity contribution in [1.29, 1.82) is 0 Å². The zero-order valence-electron chi connectivity index (χ0n) is 17.4. The average molecular weight is 479 g/mol. The first kappa shape index (κ1) is 22.4. The van der Waals surface area contributed by atoms with Crippen molar-refractivity contribution < 1.29 is 23.7 Å². The molecule has 2 aromatic carbocycles. The summed E-state index contributed by atoms with van der Waals surface area (Å²) in [5.41, 5.74) is 1.59. The Morgan fingerprint density at radius 1 is 1.07 bits per heavy atom. The minimum Gasteiger partial charge on any atom is -0.497 e. The van der Waals surface area contributed by atoms with Gasteiger partial charge in [0.25, 0.3) is 5.91 Å². The van der Waals surface area contributed by atoms with Crippen LogP contribution < -0.4 is 19.5 Å². The van der Waals surface area contributed by atoms with E-state index < -0.39 is 0 Å². The van der Waals surface area contributed by atoms with Gasteiger partial charge in [-0.1, -0.05) is 12.1 Å². The first-order chi connectivity index (χ1) is 14.6. The lowest BCUT2D eigenvalue weighted by Gasteiger charge is -2.35. The second-order valence-corrected chi connectivity index (χ2v) is 7.64. The third-order valence-electron chi connectivity index (χ3n) is 5.15. The SMILES string of the molecule is COc1ccc(C(CNC(=O)c2cc(OC)c(Br)c(OC)c2)N2CCOCC2)cc1. The first-order valence-corrected chi connectivity index (χ1v) is 10.5. The number of carbonyl (C=O) groups is 1. The number of hydrogen-bond donors (Lipinski definition) is 1. The maximum Gasteiger partial charge on any atom is 0.251 e. The number of nitrogens with zero attached hydrogens (tertiary/aromatic N) is 1. The van der Waals surface area contributed by atoms with Crippen LogP contribution in [0.1, 0.15) is 22.0 Å². The molecule has 0 aliphatic carbocycles. The molecule has 1 aliphatic rings. The molecule has 0 bridgehead atoms. The number of carbonyl (C=O) groups excluding carboxylic acids is 1. The molecule has 1 atom stereocenters. The zero-order chi connectivity index (χ0) is 21.5. The smallest absolute Gasteiger partial charge is 0.251 e. The van der Waals surface area contributed by atoms with E-state index in [4.69, 9.17) is 18.9 Å². The van der Waals surface area contributed by atoms with Crippen LogP contribution in [0, 0.1) is 0 Å². The maximum absolute atomic E-state index is 12.9. The molecule has 7 nitrogen and oxygen atoms in total.